The van der Waals surface area contributed by atoms with Crippen LogP contribution in [0.15, 0.2) is 12.1 Å². The number of benzene rings is 1. The fraction of sp³-hybridized carbons (Fsp3) is 0.400. The summed E-state index contributed by atoms with van der Waals surface area (Å²) in [6, 6.07) is 2.75. The summed E-state index contributed by atoms with van der Waals surface area (Å²) in [5.41, 5.74) is 4.98. The van der Waals surface area contributed by atoms with E-state index in [1.807, 2.05) is 13.8 Å². The van der Waals surface area contributed by atoms with Crippen molar-refractivity contribution in [2.24, 2.45) is 5.73 Å². The molecule has 1 aromatic carbocycles. The van der Waals surface area contributed by atoms with Crippen LogP contribution >= 0.6 is 11.6 Å². The summed E-state index contributed by atoms with van der Waals surface area (Å²) in [6.07, 6.45) is -0.136. The van der Waals surface area contributed by atoms with Crippen LogP contribution in [0.4, 0.5) is 0 Å². The highest BCUT2D eigenvalue weighted by atomic mass is 35.5. The first-order chi connectivity index (χ1) is 11.2. The SMILES string of the molecule is COc1cc(C(=O)OCC(=O)NCC(N)=O)cc(Cl)c1OC(C)C. The van der Waals surface area contributed by atoms with Gasteiger partial charge < -0.3 is 25.3 Å². The molecule has 0 aliphatic rings. The molecule has 0 atom stereocenters. The normalized spacial score (nSPS) is 10.2. The van der Waals surface area contributed by atoms with Crippen molar-refractivity contribution in [3.05, 3.63) is 22.7 Å². The van der Waals surface area contributed by atoms with Crippen molar-refractivity contribution in [3.63, 3.8) is 0 Å². The maximum absolute atomic E-state index is 12.0. The number of hydrogen-bond donors (Lipinski definition) is 2. The predicted octanol–water partition coefficient (Wildman–Crippen LogP) is 0.894. The topological polar surface area (TPSA) is 117 Å². The van der Waals surface area contributed by atoms with Crippen LogP contribution in [0.3, 0.4) is 0 Å². The van der Waals surface area contributed by atoms with Crippen molar-refractivity contribution in [1.82, 2.24) is 5.32 Å². The predicted molar refractivity (Wildman–Crippen MR) is 86.3 cm³/mol. The summed E-state index contributed by atoms with van der Waals surface area (Å²) in [5.74, 6) is -1.56. The van der Waals surface area contributed by atoms with E-state index in [0.29, 0.717) is 5.75 Å². The molecule has 2 amide bonds. The number of hydrogen-bond acceptors (Lipinski definition) is 6. The minimum Gasteiger partial charge on any atom is -0.493 e. The molecule has 0 spiro atoms. The Labute approximate surface area is 144 Å². The molecule has 0 aliphatic carbocycles. The summed E-state index contributed by atoms with van der Waals surface area (Å²) >= 11 is 6.11. The zero-order chi connectivity index (χ0) is 18.3. The molecule has 0 heterocycles. The Balaban J connectivity index is 2.79. The van der Waals surface area contributed by atoms with Crippen molar-refractivity contribution in [2.45, 2.75) is 20.0 Å². The van der Waals surface area contributed by atoms with Gasteiger partial charge in [-0.15, -0.1) is 0 Å². The van der Waals surface area contributed by atoms with Gasteiger partial charge in [0.2, 0.25) is 5.91 Å². The number of amides is 2. The summed E-state index contributed by atoms with van der Waals surface area (Å²) in [5, 5.41) is 2.37. The first-order valence-electron chi connectivity index (χ1n) is 7.01. The van der Waals surface area contributed by atoms with Gasteiger partial charge >= 0.3 is 5.97 Å². The molecular weight excluding hydrogens is 340 g/mol. The first kappa shape index (κ1) is 19.6. The standard InChI is InChI=1S/C15H19ClN2O6/c1-8(2)24-14-10(16)4-9(5-11(14)22-3)15(21)23-7-13(20)18-6-12(17)19/h4-5,8H,6-7H2,1-3H3,(H2,17,19)(H,18,20). The minimum atomic E-state index is -0.777. The van der Waals surface area contributed by atoms with Gasteiger partial charge in [0.05, 0.1) is 30.3 Å². The lowest BCUT2D eigenvalue weighted by atomic mass is 10.2. The summed E-state index contributed by atoms with van der Waals surface area (Å²) < 4.78 is 15.5. The van der Waals surface area contributed by atoms with Gasteiger partial charge in [-0.25, -0.2) is 4.79 Å². The number of nitrogens with two attached hydrogens (primary N) is 1. The lowest BCUT2D eigenvalue weighted by molar-refractivity contribution is -0.127. The lowest BCUT2D eigenvalue weighted by Gasteiger charge is -2.16. The zero-order valence-electron chi connectivity index (χ0n) is 13.6. The first-order valence-corrected chi connectivity index (χ1v) is 7.38. The number of carbonyl (C=O) groups is 3. The van der Waals surface area contributed by atoms with E-state index in [0.717, 1.165) is 0 Å². The number of methoxy groups -OCH3 is 1. The number of carbonyl (C=O) groups excluding carboxylic acids is 3. The molecule has 0 unspecified atom stereocenters. The molecule has 1 rings (SSSR count). The van der Waals surface area contributed by atoms with Gasteiger partial charge in [0.25, 0.3) is 5.91 Å². The van der Waals surface area contributed by atoms with Crippen LogP contribution in [0.1, 0.15) is 24.2 Å². The van der Waals surface area contributed by atoms with Crippen LogP contribution in [0.5, 0.6) is 11.5 Å². The third-order valence-electron chi connectivity index (χ3n) is 2.61. The molecule has 0 saturated carbocycles. The molecule has 0 saturated heterocycles. The maximum Gasteiger partial charge on any atom is 0.338 e. The van der Waals surface area contributed by atoms with Gasteiger partial charge in [-0.05, 0) is 26.0 Å². The van der Waals surface area contributed by atoms with Crippen LogP contribution < -0.4 is 20.5 Å². The number of nitrogens with one attached hydrogen (secondary N) is 1. The van der Waals surface area contributed by atoms with E-state index in [4.69, 9.17) is 31.5 Å². The molecule has 0 aliphatic heterocycles. The average Bonchev–Trinajstić information content (AvgIpc) is 2.51. The Morgan fingerprint density at radius 2 is 1.96 bits per heavy atom. The van der Waals surface area contributed by atoms with Crippen LogP contribution in [-0.2, 0) is 14.3 Å². The van der Waals surface area contributed by atoms with E-state index in [-0.39, 0.29) is 29.0 Å². The van der Waals surface area contributed by atoms with Gasteiger partial charge in [-0.2, -0.15) is 0 Å². The Hall–Kier alpha value is -2.48. The molecule has 132 valence electrons. The minimum absolute atomic E-state index is 0.0932. The van der Waals surface area contributed by atoms with Crippen molar-refractivity contribution in [2.75, 3.05) is 20.3 Å². The number of halogens is 1. The van der Waals surface area contributed by atoms with Gasteiger partial charge in [0.15, 0.2) is 18.1 Å². The highest BCUT2D eigenvalue weighted by Gasteiger charge is 2.18. The summed E-state index contributed by atoms with van der Waals surface area (Å²) in [7, 11) is 1.41. The largest absolute Gasteiger partial charge is 0.493 e. The Bertz CT molecular complexity index is 633. The van der Waals surface area contributed by atoms with E-state index >= 15 is 0 Å². The van der Waals surface area contributed by atoms with Crippen molar-refractivity contribution < 1.29 is 28.6 Å². The Morgan fingerprint density at radius 3 is 2.50 bits per heavy atom. The van der Waals surface area contributed by atoms with Gasteiger partial charge in [0, 0.05) is 0 Å². The molecule has 1 aromatic rings. The van der Waals surface area contributed by atoms with Crippen LogP contribution in [0.2, 0.25) is 5.02 Å². The molecule has 0 radical (unpaired) electrons. The molecule has 3 N–H and O–H groups in total. The number of rotatable bonds is 8. The van der Waals surface area contributed by atoms with Crippen molar-refractivity contribution >= 4 is 29.4 Å². The Morgan fingerprint density at radius 1 is 1.29 bits per heavy atom. The molecule has 0 bridgehead atoms. The average molecular weight is 359 g/mol. The second-order valence-electron chi connectivity index (χ2n) is 4.98. The van der Waals surface area contributed by atoms with E-state index in [2.05, 4.69) is 5.32 Å². The van der Waals surface area contributed by atoms with E-state index in [1.165, 1.54) is 19.2 Å². The number of primary amides is 1. The third kappa shape index (κ3) is 5.96. The monoisotopic (exact) mass is 358 g/mol. The fourth-order valence-corrected chi connectivity index (χ4v) is 1.89. The van der Waals surface area contributed by atoms with Crippen LogP contribution in [0, 0.1) is 0 Å². The maximum atomic E-state index is 12.0. The highest BCUT2D eigenvalue weighted by molar-refractivity contribution is 6.32. The van der Waals surface area contributed by atoms with E-state index in [9.17, 15) is 14.4 Å². The van der Waals surface area contributed by atoms with Crippen LogP contribution in [0.25, 0.3) is 0 Å². The zero-order valence-corrected chi connectivity index (χ0v) is 14.3. The van der Waals surface area contributed by atoms with Crippen LogP contribution in [-0.4, -0.2) is 44.1 Å². The lowest BCUT2D eigenvalue weighted by Crippen LogP contribution is -2.35. The highest BCUT2D eigenvalue weighted by Crippen LogP contribution is 2.37. The fourth-order valence-electron chi connectivity index (χ4n) is 1.64. The summed E-state index contributed by atoms with van der Waals surface area (Å²) in [4.78, 5) is 33.9. The quantitative estimate of drug-likeness (QED) is 0.666. The number of esters is 1. The van der Waals surface area contributed by atoms with Gasteiger partial charge in [-0.1, -0.05) is 11.6 Å². The molecule has 0 fully saturated rings. The number of ether oxygens (including phenoxy) is 3. The Kier molecular flexibility index (Phi) is 7.31. The van der Waals surface area contributed by atoms with E-state index < -0.39 is 24.4 Å². The van der Waals surface area contributed by atoms with Crippen molar-refractivity contribution in [3.8, 4) is 11.5 Å². The smallest absolute Gasteiger partial charge is 0.338 e. The van der Waals surface area contributed by atoms with E-state index in [1.54, 1.807) is 0 Å². The molecule has 24 heavy (non-hydrogen) atoms. The second-order valence-corrected chi connectivity index (χ2v) is 5.38. The second kappa shape index (κ2) is 8.97. The van der Waals surface area contributed by atoms with Gasteiger partial charge in [0.1, 0.15) is 0 Å². The molecule has 9 heteroatoms. The third-order valence-corrected chi connectivity index (χ3v) is 2.89. The molecule has 0 aromatic heterocycles. The molecular formula is C15H19ClN2O6. The van der Waals surface area contributed by atoms with Crippen molar-refractivity contribution in [1.29, 1.82) is 0 Å². The van der Waals surface area contributed by atoms with Gasteiger partial charge in [-0.3, -0.25) is 9.59 Å². The molecule has 8 nitrogen and oxygen atoms in total. The summed E-state index contributed by atoms with van der Waals surface area (Å²) in [6.45, 7) is 2.75.